The number of benzene rings is 1. The van der Waals surface area contributed by atoms with Gasteiger partial charge in [0.05, 0.1) is 5.56 Å². The van der Waals surface area contributed by atoms with E-state index in [2.05, 4.69) is 26.6 Å². The highest BCUT2D eigenvalue weighted by Gasteiger charge is 2.31. The van der Waals surface area contributed by atoms with Gasteiger partial charge in [-0.25, -0.2) is 0 Å². The van der Waals surface area contributed by atoms with E-state index >= 15 is 0 Å². The van der Waals surface area contributed by atoms with Crippen LogP contribution < -0.4 is 10.6 Å². The maximum Gasteiger partial charge on any atom is 0.416 e. The molecular weight excluding hydrogens is 337 g/mol. The number of hydrogen-bond donors (Lipinski definition) is 2. The third kappa shape index (κ3) is 4.13. The third-order valence-electron chi connectivity index (χ3n) is 2.93. The molecule has 0 aliphatic heterocycles. The van der Waals surface area contributed by atoms with Crippen LogP contribution in [0.15, 0.2) is 22.7 Å². The molecule has 1 atom stereocenters. The molecule has 1 saturated carbocycles. The molecule has 1 aromatic rings. The summed E-state index contributed by atoms with van der Waals surface area (Å²) in [5, 5.41) is 5.58. The highest BCUT2D eigenvalue weighted by atomic mass is 79.9. The van der Waals surface area contributed by atoms with Gasteiger partial charge in [0, 0.05) is 16.2 Å². The largest absolute Gasteiger partial charge is 0.416 e. The minimum absolute atomic E-state index is 0.207. The summed E-state index contributed by atoms with van der Waals surface area (Å²) in [6, 6.07) is 3.13. The fraction of sp³-hybridized carbons (Fsp3) is 0.462. The lowest BCUT2D eigenvalue weighted by Crippen LogP contribution is -2.38. The zero-order valence-corrected chi connectivity index (χ0v) is 12.3. The minimum Gasteiger partial charge on any atom is -0.374 e. The maximum absolute atomic E-state index is 12.7. The zero-order valence-electron chi connectivity index (χ0n) is 10.7. The molecule has 1 aromatic carbocycles. The molecule has 1 fully saturated rings. The van der Waals surface area contributed by atoms with Crippen LogP contribution in [0.25, 0.3) is 0 Å². The Morgan fingerprint density at radius 2 is 2.00 bits per heavy atom. The molecule has 1 aliphatic rings. The van der Waals surface area contributed by atoms with Crippen LogP contribution in [0, 0.1) is 0 Å². The lowest BCUT2D eigenvalue weighted by atomic mass is 10.2. The highest BCUT2D eigenvalue weighted by molar-refractivity contribution is 9.10. The second-order valence-electron chi connectivity index (χ2n) is 4.88. The number of hydrogen-bond acceptors (Lipinski definition) is 2. The number of nitrogens with one attached hydrogen (secondary N) is 2. The second-order valence-corrected chi connectivity index (χ2v) is 5.79. The van der Waals surface area contributed by atoms with Crippen LogP contribution in [-0.4, -0.2) is 18.0 Å². The summed E-state index contributed by atoms with van der Waals surface area (Å²) in [6.45, 7) is 1.62. The summed E-state index contributed by atoms with van der Waals surface area (Å²) in [6.07, 6.45) is -2.49. The number of halogens is 4. The maximum atomic E-state index is 12.7. The monoisotopic (exact) mass is 350 g/mol. The molecule has 0 saturated heterocycles. The molecule has 0 aromatic heterocycles. The van der Waals surface area contributed by atoms with Crippen LogP contribution in [0.5, 0.6) is 0 Å². The smallest absolute Gasteiger partial charge is 0.374 e. The summed E-state index contributed by atoms with van der Waals surface area (Å²) < 4.78 is 38.4. The van der Waals surface area contributed by atoms with Crippen molar-refractivity contribution in [1.82, 2.24) is 5.32 Å². The van der Waals surface area contributed by atoms with Crippen molar-refractivity contribution in [3.05, 3.63) is 28.2 Å². The fourth-order valence-corrected chi connectivity index (χ4v) is 2.20. The number of carbonyl (C=O) groups is 1. The number of carbonyl (C=O) groups excluding carboxylic acids is 1. The van der Waals surface area contributed by atoms with Crippen LogP contribution in [0.4, 0.5) is 18.9 Å². The number of alkyl halides is 3. The molecule has 3 nitrogen and oxygen atoms in total. The Labute approximate surface area is 123 Å². The number of anilines is 1. The molecule has 7 heteroatoms. The lowest BCUT2D eigenvalue weighted by Gasteiger charge is -2.17. The van der Waals surface area contributed by atoms with Crippen LogP contribution in [0.2, 0.25) is 0 Å². The van der Waals surface area contributed by atoms with E-state index in [9.17, 15) is 18.0 Å². The van der Waals surface area contributed by atoms with Gasteiger partial charge in [0.2, 0.25) is 5.91 Å². The van der Waals surface area contributed by atoms with Crippen molar-refractivity contribution in [2.45, 2.75) is 38.0 Å². The van der Waals surface area contributed by atoms with E-state index in [0.717, 1.165) is 25.0 Å². The Kier molecular flexibility index (Phi) is 4.27. The standard InChI is InChI=1S/C13H14BrF3N2O/c1-7(12(20)19-10-2-3-10)18-11-5-8(13(15,16)17)4-9(14)6-11/h4-7,10,18H,2-3H2,1H3,(H,19,20). The molecule has 110 valence electrons. The Morgan fingerprint density at radius 3 is 2.55 bits per heavy atom. The SMILES string of the molecule is CC(Nc1cc(Br)cc(C(F)(F)F)c1)C(=O)NC1CC1. The van der Waals surface area contributed by atoms with Crippen molar-refractivity contribution >= 4 is 27.5 Å². The lowest BCUT2D eigenvalue weighted by molar-refractivity contribution is -0.137. The van der Waals surface area contributed by atoms with E-state index < -0.39 is 17.8 Å². The molecule has 0 spiro atoms. The predicted octanol–water partition coefficient (Wildman–Crippen LogP) is 3.55. The van der Waals surface area contributed by atoms with Crippen molar-refractivity contribution in [2.24, 2.45) is 0 Å². The Hall–Kier alpha value is -1.24. The molecule has 1 amide bonds. The molecule has 20 heavy (non-hydrogen) atoms. The van der Waals surface area contributed by atoms with Gasteiger partial charge in [-0.3, -0.25) is 4.79 Å². The van der Waals surface area contributed by atoms with Gasteiger partial charge < -0.3 is 10.6 Å². The van der Waals surface area contributed by atoms with E-state index in [1.165, 1.54) is 6.07 Å². The van der Waals surface area contributed by atoms with Crippen LogP contribution in [-0.2, 0) is 11.0 Å². The predicted molar refractivity (Wildman–Crippen MR) is 73.4 cm³/mol. The topological polar surface area (TPSA) is 41.1 Å². The van der Waals surface area contributed by atoms with E-state index in [-0.39, 0.29) is 17.6 Å². The molecule has 0 heterocycles. The summed E-state index contributed by atoms with van der Waals surface area (Å²) in [4.78, 5) is 11.8. The Morgan fingerprint density at radius 1 is 1.35 bits per heavy atom. The average molecular weight is 351 g/mol. The van der Waals surface area contributed by atoms with Gasteiger partial charge in [-0.1, -0.05) is 15.9 Å². The molecule has 2 rings (SSSR count). The van der Waals surface area contributed by atoms with Crippen LogP contribution in [0.3, 0.4) is 0 Å². The Bertz CT molecular complexity index is 515. The first-order valence-electron chi connectivity index (χ1n) is 6.20. The first-order chi connectivity index (χ1) is 9.25. The van der Waals surface area contributed by atoms with Crippen molar-refractivity contribution in [2.75, 3.05) is 5.32 Å². The van der Waals surface area contributed by atoms with E-state index in [1.54, 1.807) is 6.92 Å². The molecular formula is C13H14BrF3N2O. The number of rotatable bonds is 4. The van der Waals surface area contributed by atoms with E-state index in [0.29, 0.717) is 4.47 Å². The van der Waals surface area contributed by atoms with Gasteiger partial charge in [0.25, 0.3) is 0 Å². The first-order valence-corrected chi connectivity index (χ1v) is 6.99. The molecule has 1 aliphatic carbocycles. The van der Waals surface area contributed by atoms with Gasteiger partial charge in [0.1, 0.15) is 6.04 Å². The van der Waals surface area contributed by atoms with Gasteiger partial charge in [-0.15, -0.1) is 0 Å². The van der Waals surface area contributed by atoms with Crippen molar-refractivity contribution in [1.29, 1.82) is 0 Å². The highest BCUT2D eigenvalue weighted by Crippen LogP contribution is 2.33. The van der Waals surface area contributed by atoms with Crippen molar-refractivity contribution < 1.29 is 18.0 Å². The molecule has 0 bridgehead atoms. The number of amides is 1. The minimum atomic E-state index is -4.42. The summed E-state index contributed by atoms with van der Waals surface area (Å²) >= 11 is 3.04. The van der Waals surface area contributed by atoms with Gasteiger partial charge >= 0.3 is 6.18 Å². The first kappa shape index (κ1) is 15.2. The van der Waals surface area contributed by atoms with Gasteiger partial charge in [-0.2, -0.15) is 13.2 Å². The van der Waals surface area contributed by atoms with Crippen molar-refractivity contribution in [3.8, 4) is 0 Å². The molecule has 1 unspecified atom stereocenters. The summed E-state index contributed by atoms with van der Waals surface area (Å²) in [5.74, 6) is -0.207. The molecule has 0 radical (unpaired) electrons. The average Bonchev–Trinajstić information content (AvgIpc) is 3.10. The van der Waals surface area contributed by atoms with Gasteiger partial charge in [-0.05, 0) is 38.0 Å². The molecule has 2 N–H and O–H groups in total. The quantitative estimate of drug-likeness (QED) is 0.871. The third-order valence-corrected chi connectivity index (χ3v) is 3.38. The van der Waals surface area contributed by atoms with E-state index in [4.69, 9.17) is 0 Å². The van der Waals surface area contributed by atoms with Crippen molar-refractivity contribution in [3.63, 3.8) is 0 Å². The van der Waals surface area contributed by atoms with Gasteiger partial charge in [0.15, 0.2) is 0 Å². The summed E-state index contributed by atoms with van der Waals surface area (Å²) in [5.41, 5.74) is -0.505. The Balaban J connectivity index is 2.08. The normalized spacial score (nSPS) is 16.6. The zero-order chi connectivity index (χ0) is 14.9. The summed E-state index contributed by atoms with van der Waals surface area (Å²) in [7, 11) is 0. The second kappa shape index (κ2) is 5.63. The van der Waals surface area contributed by atoms with Crippen LogP contribution in [0.1, 0.15) is 25.3 Å². The fourth-order valence-electron chi connectivity index (χ4n) is 1.71. The van der Waals surface area contributed by atoms with Crippen LogP contribution >= 0.6 is 15.9 Å². The van der Waals surface area contributed by atoms with E-state index in [1.807, 2.05) is 0 Å².